The van der Waals surface area contributed by atoms with E-state index >= 15 is 0 Å². The number of piperidine rings is 2. The van der Waals surface area contributed by atoms with Crippen LogP contribution in [0.15, 0.2) is 24.3 Å². The fourth-order valence-corrected chi connectivity index (χ4v) is 5.11. The molecule has 3 fully saturated rings. The van der Waals surface area contributed by atoms with Crippen molar-refractivity contribution in [1.29, 1.82) is 0 Å². The molecule has 4 rings (SSSR count). The largest absolute Gasteiger partial charge is 0.372 e. The van der Waals surface area contributed by atoms with E-state index in [0.29, 0.717) is 0 Å². The number of hydrogen-bond acceptors (Lipinski definition) is 3. The summed E-state index contributed by atoms with van der Waals surface area (Å²) in [6.07, 6.45) is 11.4. The second kappa shape index (κ2) is 8.12. The van der Waals surface area contributed by atoms with Gasteiger partial charge in [0.15, 0.2) is 5.78 Å². The lowest BCUT2D eigenvalue weighted by Gasteiger charge is -2.43. The van der Waals surface area contributed by atoms with Crippen LogP contribution in [0.1, 0.15) is 68.6 Å². The van der Waals surface area contributed by atoms with E-state index in [1.54, 1.807) is 6.92 Å². The first kappa shape index (κ1) is 18.0. The Hall–Kier alpha value is -1.35. The van der Waals surface area contributed by atoms with Gasteiger partial charge in [0, 0.05) is 30.4 Å². The minimum atomic E-state index is 0.151. The zero-order valence-electron chi connectivity index (χ0n) is 16.3. The molecule has 0 bridgehead atoms. The molecular weight excluding hydrogens is 320 g/mol. The molecule has 3 heteroatoms. The predicted octanol–water partition coefficient (Wildman–Crippen LogP) is 4.76. The van der Waals surface area contributed by atoms with Crippen molar-refractivity contribution in [3.63, 3.8) is 0 Å². The zero-order chi connectivity index (χ0) is 17.9. The Balaban J connectivity index is 1.21. The molecule has 0 aromatic heterocycles. The first-order chi connectivity index (χ1) is 12.7. The van der Waals surface area contributed by atoms with Gasteiger partial charge >= 0.3 is 0 Å². The van der Waals surface area contributed by atoms with Crippen molar-refractivity contribution in [1.82, 2.24) is 4.90 Å². The van der Waals surface area contributed by atoms with Crippen LogP contribution in [0, 0.1) is 11.8 Å². The summed E-state index contributed by atoms with van der Waals surface area (Å²) in [5, 5.41) is 0. The van der Waals surface area contributed by atoms with Crippen LogP contribution in [0.5, 0.6) is 0 Å². The van der Waals surface area contributed by atoms with Gasteiger partial charge < -0.3 is 9.80 Å². The van der Waals surface area contributed by atoms with Gasteiger partial charge in [0.2, 0.25) is 0 Å². The molecule has 0 amide bonds. The summed E-state index contributed by atoms with van der Waals surface area (Å²) < 4.78 is 0. The van der Waals surface area contributed by atoms with Crippen LogP contribution in [0.3, 0.4) is 0 Å². The lowest BCUT2D eigenvalue weighted by Crippen LogP contribution is -2.45. The van der Waals surface area contributed by atoms with Gasteiger partial charge in [0.1, 0.15) is 0 Å². The molecule has 142 valence electrons. The van der Waals surface area contributed by atoms with E-state index in [-0.39, 0.29) is 5.78 Å². The number of carbonyl (C=O) groups is 1. The van der Waals surface area contributed by atoms with Crippen LogP contribution in [0.4, 0.5) is 5.69 Å². The van der Waals surface area contributed by atoms with Crippen LogP contribution in [-0.4, -0.2) is 42.9 Å². The average Bonchev–Trinajstić information content (AvgIpc) is 2.63. The van der Waals surface area contributed by atoms with Gasteiger partial charge in [0.05, 0.1) is 0 Å². The fourth-order valence-electron chi connectivity index (χ4n) is 5.11. The van der Waals surface area contributed by atoms with Crippen molar-refractivity contribution in [2.24, 2.45) is 11.8 Å². The molecule has 0 atom stereocenters. The van der Waals surface area contributed by atoms with E-state index in [1.807, 2.05) is 12.1 Å². The highest BCUT2D eigenvalue weighted by atomic mass is 16.1. The third-order valence-electron chi connectivity index (χ3n) is 7.16. The van der Waals surface area contributed by atoms with Gasteiger partial charge in [-0.05, 0) is 101 Å². The Labute approximate surface area is 158 Å². The molecule has 0 radical (unpaired) electrons. The highest BCUT2D eigenvalue weighted by Crippen LogP contribution is 2.34. The number of ketones is 1. The minimum Gasteiger partial charge on any atom is -0.372 e. The summed E-state index contributed by atoms with van der Waals surface area (Å²) in [6.45, 7) is 6.69. The number of rotatable bonds is 5. The molecule has 1 aromatic rings. The lowest BCUT2D eigenvalue weighted by atomic mass is 9.81. The molecule has 0 unspecified atom stereocenters. The second-order valence-corrected chi connectivity index (χ2v) is 8.83. The molecule has 2 saturated heterocycles. The maximum Gasteiger partial charge on any atom is 0.159 e. The standard InChI is InChI=1S/C23H34N2O/c1-18(26)21-5-7-23(8-6-21)25-15-11-20(12-16-25)17-19-9-13-24(14-10-19)22-3-2-4-22/h5-8,19-20,22H,2-4,9-17H2,1H3. The molecular formula is C23H34N2O. The van der Waals surface area contributed by atoms with Gasteiger partial charge in [-0.25, -0.2) is 0 Å². The fraction of sp³-hybridized carbons (Fsp3) is 0.696. The Morgan fingerprint density at radius 3 is 1.96 bits per heavy atom. The zero-order valence-corrected chi connectivity index (χ0v) is 16.3. The van der Waals surface area contributed by atoms with Crippen LogP contribution in [0.2, 0.25) is 0 Å². The molecule has 2 heterocycles. The van der Waals surface area contributed by atoms with E-state index in [0.717, 1.165) is 23.4 Å². The Kier molecular flexibility index (Phi) is 5.63. The lowest BCUT2D eigenvalue weighted by molar-refractivity contribution is 0.0772. The molecule has 26 heavy (non-hydrogen) atoms. The van der Waals surface area contributed by atoms with Crippen molar-refractivity contribution in [2.45, 2.75) is 64.3 Å². The van der Waals surface area contributed by atoms with Gasteiger partial charge in [0.25, 0.3) is 0 Å². The molecule has 0 spiro atoms. The van der Waals surface area contributed by atoms with Crippen molar-refractivity contribution in [3.8, 4) is 0 Å². The van der Waals surface area contributed by atoms with Gasteiger partial charge in [-0.2, -0.15) is 0 Å². The third-order valence-corrected chi connectivity index (χ3v) is 7.16. The van der Waals surface area contributed by atoms with Gasteiger partial charge in [-0.1, -0.05) is 6.42 Å². The van der Waals surface area contributed by atoms with E-state index < -0.39 is 0 Å². The normalized spacial score (nSPS) is 23.8. The number of carbonyl (C=O) groups excluding carboxylic acids is 1. The third kappa shape index (κ3) is 4.14. The van der Waals surface area contributed by atoms with E-state index in [2.05, 4.69) is 21.9 Å². The van der Waals surface area contributed by atoms with E-state index in [1.165, 1.54) is 83.2 Å². The summed E-state index contributed by atoms with van der Waals surface area (Å²) >= 11 is 0. The summed E-state index contributed by atoms with van der Waals surface area (Å²) in [7, 11) is 0. The highest BCUT2D eigenvalue weighted by Gasteiger charge is 2.30. The van der Waals surface area contributed by atoms with Crippen LogP contribution in [0.25, 0.3) is 0 Å². The Bertz CT molecular complexity index is 591. The number of Topliss-reactive ketones (excluding diaryl/α,β-unsaturated/α-hetero) is 1. The van der Waals surface area contributed by atoms with Gasteiger partial charge in [-0.15, -0.1) is 0 Å². The number of benzene rings is 1. The minimum absolute atomic E-state index is 0.151. The average molecular weight is 355 g/mol. The monoisotopic (exact) mass is 354 g/mol. The van der Waals surface area contributed by atoms with Crippen molar-refractivity contribution in [2.75, 3.05) is 31.1 Å². The molecule has 1 aliphatic carbocycles. The highest BCUT2D eigenvalue weighted by molar-refractivity contribution is 5.94. The summed E-state index contributed by atoms with van der Waals surface area (Å²) in [4.78, 5) is 16.7. The SMILES string of the molecule is CC(=O)c1ccc(N2CCC(CC3CCN(C4CCC4)CC3)CC2)cc1. The molecule has 3 aliphatic rings. The summed E-state index contributed by atoms with van der Waals surface area (Å²) in [5.41, 5.74) is 2.10. The first-order valence-corrected chi connectivity index (χ1v) is 10.8. The van der Waals surface area contributed by atoms with Crippen molar-refractivity contribution in [3.05, 3.63) is 29.8 Å². The summed E-state index contributed by atoms with van der Waals surface area (Å²) in [5.74, 6) is 2.04. The van der Waals surface area contributed by atoms with Gasteiger partial charge in [-0.3, -0.25) is 4.79 Å². The first-order valence-electron chi connectivity index (χ1n) is 10.8. The Morgan fingerprint density at radius 1 is 0.885 bits per heavy atom. The van der Waals surface area contributed by atoms with Crippen molar-refractivity contribution < 1.29 is 4.79 Å². The van der Waals surface area contributed by atoms with E-state index in [4.69, 9.17) is 0 Å². The number of nitrogens with zero attached hydrogens (tertiary/aromatic N) is 2. The number of anilines is 1. The summed E-state index contributed by atoms with van der Waals surface area (Å²) in [6, 6.07) is 9.12. The smallest absolute Gasteiger partial charge is 0.159 e. The molecule has 3 nitrogen and oxygen atoms in total. The van der Waals surface area contributed by atoms with Crippen LogP contribution in [-0.2, 0) is 0 Å². The maximum absolute atomic E-state index is 11.4. The molecule has 1 aromatic carbocycles. The van der Waals surface area contributed by atoms with Crippen molar-refractivity contribution >= 4 is 11.5 Å². The second-order valence-electron chi connectivity index (χ2n) is 8.83. The number of hydrogen-bond donors (Lipinski definition) is 0. The quantitative estimate of drug-likeness (QED) is 0.712. The molecule has 2 aliphatic heterocycles. The molecule has 1 saturated carbocycles. The Morgan fingerprint density at radius 2 is 1.46 bits per heavy atom. The topological polar surface area (TPSA) is 23.6 Å². The number of likely N-dealkylation sites (tertiary alicyclic amines) is 1. The van der Waals surface area contributed by atoms with Crippen LogP contribution < -0.4 is 4.90 Å². The predicted molar refractivity (Wildman–Crippen MR) is 108 cm³/mol. The molecule has 0 N–H and O–H groups in total. The van der Waals surface area contributed by atoms with E-state index in [9.17, 15) is 4.79 Å². The van der Waals surface area contributed by atoms with Crippen LogP contribution >= 0.6 is 0 Å². The maximum atomic E-state index is 11.4.